The summed E-state index contributed by atoms with van der Waals surface area (Å²) in [4.78, 5) is 0. The monoisotopic (exact) mass is 193 g/mol. The molecule has 0 aromatic heterocycles. The summed E-state index contributed by atoms with van der Waals surface area (Å²) in [7, 11) is 0. The van der Waals surface area contributed by atoms with Crippen molar-refractivity contribution in [1.82, 2.24) is 5.32 Å². The maximum Gasteiger partial charge on any atom is 0.123 e. The number of benzene rings is 1. The van der Waals surface area contributed by atoms with Crippen molar-refractivity contribution < 1.29 is 4.39 Å². The molecule has 1 saturated heterocycles. The molecule has 1 aromatic carbocycles. The Morgan fingerprint density at radius 1 is 1.36 bits per heavy atom. The van der Waals surface area contributed by atoms with E-state index >= 15 is 0 Å². The number of halogens is 1. The zero-order valence-corrected chi connectivity index (χ0v) is 8.52. The quantitative estimate of drug-likeness (QED) is 0.723. The van der Waals surface area contributed by atoms with E-state index in [9.17, 15) is 4.39 Å². The number of hydrogen-bond donors (Lipinski definition) is 1. The van der Waals surface area contributed by atoms with Crippen LogP contribution in [0.2, 0.25) is 0 Å². The molecule has 2 rings (SSSR count). The van der Waals surface area contributed by atoms with E-state index in [4.69, 9.17) is 0 Å². The fourth-order valence-corrected chi connectivity index (χ4v) is 2.14. The highest BCUT2D eigenvalue weighted by Crippen LogP contribution is 2.24. The Morgan fingerprint density at radius 2 is 2.21 bits per heavy atom. The highest BCUT2D eigenvalue weighted by atomic mass is 19.1. The fraction of sp³-hybridized carbons (Fsp3) is 0.500. The molecule has 0 bridgehead atoms. The highest BCUT2D eigenvalue weighted by Gasteiger charge is 2.15. The third-order valence-electron chi connectivity index (χ3n) is 2.83. The van der Waals surface area contributed by atoms with Crippen LogP contribution in [0.25, 0.3) is 0 Å². The smallest absolute Gasteiger partial charge is 0.123 e. The van der Waals surface area contributed by atoms with Crippen LogP contribution in [0, 0.1) is 12.7 Å². The van der Waals surface area contributed by atoms with Gasteiger partial charge in [0.15, 0.2) is 0 Å². The van der Waals surface area contributed by atoms with Gasteiger partial charge < -0.3 is 5.32 Å². The third kappa shape index (κ3) is 2.13. The number of aryl methyl sites for hydroxylation is 1. The van der Waals surface area contributed by atoms with Crippen LogP contribution in [-0.4, -0.2) is 13.1 Å². The van der Waals surface area contributed by atoms with E-state index in [1.54, 1.807) is 12.1 Å². The second-order valence-corrected chi connectivity index (χ2v) is 4.11. The van der Waals surface area contributed by atoms with Gasteiger partial charge in [0.25, 0.3) is 0 Å². The Morgan fingerprint density at radius 3 is 2.86 bits per heavy atom. The zero-order chi connectivity index (χ0) is 9.97. The largest absolute Gasteiger partial charge is 0.316 e. The average Bonchev–Trinajstić information content (AvgIpc) is 2.18. The molecule has 76 valence electrons. The molecule has 1 N–H and O–H groups in total. The van der Waals surface area contributed by atoms with Crippen LogP contribution in [0.4, 0.5) is 4.39 Å². The number of rotatable bonds is 1. The lowest BCUT2D eigenvalue weighted by molar-refractivity contribution is 0.459. The van der Waals surface area contributed by atoms with Gasteiger partial charge in [0, 0.05) is 6.54 Å². The van der Waals surface area contributed by atoms with E-state index in [-0.39, 0.29) is 5.82 Å². The molecule has 1 aromatic rings. The molecule has 0 radical (unpaired) electrons. The lowest BCUT2D eigenvalue weighted by atomic mass is 9.91. The molecule has 1 nitrogen and oxygen atoms in total. The number of piperidine rings is 1. The summed E-state index contributed by atoms with van der Waals surface area (Å²) in [5.74, 6) is 0.392. The Hall–Kier alpha value is -0.890. The van der Waals surface area contributed by atoms with Gasteiger partial charge in [-0.1, -0.05) is 6.07 Å². The van der Waals surface area contributed by atoms with Crippen LogP contribution < -0.4 is 5.32 Å². The first-order valence-electron chi connectivity index (χ1n) is 5.23. The summed E-state index contributed by atoms with van der Waals surface area (Å²) in [6.45, 7) is 4.04. The third-order valence-corrected chi connectivity index (χ3v) is 2.83. The van der Waals surface area contributed by atoms with E-state index in [1.807, 2.05) is 6.92 Å². The molecule has 0 aliphatic carbocycles. The molecular weight excluding hydrogens is 177 g/mol. The molecule has 2 heteroatoms. The van der Waals surface area contributed by atoms with E-state index in [1.165, 1.54) is 12.8 Å². The van der Waals surface area contributed by atoms with Crippen molar-refractivity contribution in [2.75, 3.05) is 13.1 Å². The molecule has 1 atom stereocenters. The van der Waals surface area contributed by atoms with Gasteiger partial charge in [-0.25, -0.2) is 4.39 Å². The van der Waals surface area contributed by atoms with Crippen LogP contribution in [0.5, 0.6) is 0 Å². The van der Waals surface area contributed by atoms with Crippen molar-refractivity contribution in [3.8, 4) is 0 Å². The predicted molar refractivity (Wildman–Crippen MR) is 56.0 cm³/mol. The van der Waals surface area contributed by atoms with E-state index in [0.29, 0.717) is 5.92 Å². The SMILES string of the molecule is Cc1cc(F)cc([C@H]2CCCNC2)c1. The topological polar surface area (TPSA) is 12.0 Å². The molecule has 1 aliphatic heterocycles. The van der Waals surface area contributed by atoms with Gasteiger partial charge in [0.2, 0.25) is 0 Å². The van der Waals surface area contributed by atoms with Crippen LogP contribution in [0.3, 0.4) is 0 Å². The summed E-state index contributed by atoms with van der Waals surface area (Å²) in [6, 6.07) is 5.35. The molecule has 0 amide bonds. The second-order valence-electron chi connectivity index (χ2n) is 4.11. The minimum Gasteiger partial charge on any atom is -0.316 e. The first-order valence-corrected chi connectivity index (χ1v) is 5.23. The number of nitrogens with one attached hydrogen (secondary N) is 1. The van der Waals surface area contributed by atoms with E-state index in [2.05, 4.69) is 11.4 Å². The molecule has 1 aliphatic rings. The molecule has 0 unspecified atom stereocenters. The first kappa shape index (κ1) is 9.66. The van der Waals surface area contributed by atoms with Crippen LogP contribution in [-0.2, 0) is 0 Å². The maximum absolute atomic E-state index is 13.2. The first-order chi connectivity index (χ1) is 6.75. The Labute approximate surface area is 84.3 Å². The minimum atomic E-state index is -0.106. The molecule has 1 heterocycles. The molecule has 0 saturated carbocycles. The minimum absolute atomic E-state index is 0.106. The number of hydrogen-bond acceptors (Lipinski definition) is 1. The Kier molecular flexibility index (Phi) is 2.82. The zero-order valence-electron chi connectivity index (χ0n) is 8.52. The lowest BCUT2D eigenvalue weighted by Gasteiger charge is -2.23. The summed E-state index contributed by atoms with van der Waals surface area (Å²) in [6.07, 6.45) is 2.37. The van der Waals surface area contributed by atoms with Gasteiger partial charge in [-0.3, -0.25) is 0 Å². The predicted octanol–water partition coefficient (Wildman–Crippen LogP) is 2.60. The molecule has 0 spiro atoms. The van der Waals surface area contributed by atoms with Crippen LogP contribution in [0.1, 0.15) is 29.9 Å². The molecule has 1 fully saturated rings. The van der Waals surface area contributed by atoms with Crippen molar-refractivity contribution in [3.05, 3.63) is 35.1 Å². The van der Waals surface area contributed by atoms with Crippen molar-refractivity contribution in [2.24, 2.45) is 0 Å². The second kappa shape index (κ2) is 4.09. The normalized spacial score (nSPS) is 22.3. The average molecular weight is 193 g/mol. The van der Waals surface area contributed by atoms with Gasteiger partial charge in [-0.2, -0.15) is 0 Å². The Balaban J connectivity index is 2.21. The Bertz CT molecular complexity index is 296. The van der Waals surface area contributed by atoms with E-state index < -0.39 is 0 Å². The summed E-state index contributed by atoms with van der Waals surface area (Å²) in [5.41, 5.74) is 2.17. The van der Waals surface area contributed by atoms with Gasteiger partial charge >= 0.3 is 0 Å². The summed E-state index contributed by atoms with van der Waals surface area (Å²) >= 11 is 0. The van der Waals surface area contributed by atoms with Crippen LogP contribution >= 0.6 is 0 Å². The molecular formula is C12H16FN. The fourth-order valence-electron chi connectivity index (χ4n) is 2.14. The van der Waals surface area contributed by atoms with Crippen molar-refractivity contribution >= 4 is 0 Å². The van der Waals surface area contributed by atoms with E-state index in [0.717, 1.165) is 24.2 Å². The summed E-state index contributed by atoms with van der Waals surface area (Å²) < 4.78 is 13.2. The summed E-state index contributed by atoms with van der Waals surface area (Å²) in [5, 5.41) is 3.35. The van der Waals surface area contributed by atoms with Gasteiger partial charge in [0.1, 0.15) is 5.82 Å². The van der Waals surface area contributed by atoms with Gasteiger partial charge in [0.05, 0.1) is 0 Å². The molecule has 14 heavy (non-hydrogen) atoms. The van der Waals surface area contributed by atoms with Gasteiger partial charge in [-0.15, -0.1) is 0 Å². The lowest BCUT2D eigenvalue weighted by Crippen LogP contribution is -2.28. The highest BCUT2D eigenvalue weighted by molar-refractivity contribution is 5.27. The van der Waals surface area contributed by atoms with Gasteiger partial charge in [-0.05, 0) is 55.5 Å². The standard InChI is InChI=1S/C12H16FN/c1-9-5-11(7-12(13)6-9)10-3-2-4-14-8-10/h5-7,10,14H,2-4,8H2,1H3/t10-/m0/s1. The van der Waals surface area contributed by atoms with Crippen molar-refractivity contribution in [1.29, 1.82) is 0 Å². The van der Waals surface area contributed by atoms with Crippen molar-refractivity contribution in [2.45, 2.75) is 25.7 Å². The van der Waals surface area contributed by atoms with Crippen LogP contribution in [0.15, 0.2) is 18.2 Å². The van der Waals surface area contributed by atoms with Crippen molar-refractivity contribution in [3.63, 3.8) is 0 Å². The maximum atomic E-state index is 13.2.